The van der Waals surface area contributed by atoms with E-state index in [9.17, 15) is 0 Å². The number of benzene rings is 1. The number of nitrogens with one attached hydrogen (secondary N) is 1. The van der Waals surface area contributed by atoms with Crippen LogP contribution in [0.1, 0.15) is 46.1 Å². The van der Waals surface area contributed by atoms with Gasteiger partial charge in [0, 0.05) is 12.1 Å². The van der Waals surface area contributed by atoms with Crippen LogP contribution in [0.2, 0.25) is 0 Å². The van der Waals surface area contributed by atoms with Crippen LogP contribution in [0.5, 0.6) is 0 Å². The third-order valence-corrected chi connectivity index (χ3v) is 3.75. The fraction of sp³-hybridized carbons (Fsp3) is 0.625. The van der Waals surface area contributed by atoms with E-state index in [1.165, 1.54) is 24.8 Å². The van der Waals surface area contributed by atoms with Crippen molar-refractivity contribution in [2.75, 3.05) is 0 Å². The molecule has 0 heterocycles. The summed E-state index contributed by atoms with van der Waals surface area (Å²) in [7, 11) is 0. The summed E-state index contributed by atoms with van der Waals surface area (Å²) in [5.74, 6) is 0.758. The lowest BCUT2D eigenvalue weighted by atomic mass is 9.99. The van der Waals surface area contributed by atoms with Crippen LogP contribution in [-0.4, -0.2) is 12.1 Å². The van der Waals surface area contributed by atoms with Gasteiger partial charge in [-0.25, -0.2) is 0 Å². The lowest BCUT2D eigenvalue weighted by Crippen LogP contribution is -2.38. The lowest BCUT2D eigenvalue weighted by molar-refractivity contribution is 0.348. The first kappa shape index (κ1) is 14.2. The Morgan fingerprint density at radius 2 is 1.71 bits per heavy atom. The quantitative estimate of drug-likeness (QED) is 0.749. The highest BCUT2D eigenvalue weighted by atomic mass is 14.9. The van der Waals surface area contributed by atoms with E-state index >= 15 is 0 Å². The van der Waals surface area contributed by atoms with Crippen molar-refractivity contribution in [2.45, 2.75) is 59.0 Å². The Morgan fingerprint density at radius 1 is 1.06 bits per heavy atom. The number of rotatable bonds is 7. The zero-order valence-electron chi connectivity index (χ0n) is 11.7. The molecule has 0 aliphatic heterocycles. The van der Waals surface area contributed by atoms with Gasteiger partial charge < -0.3 is 5.32 Å². The standard InChI is InChI=1S/C16H27N/c1-5-13(2)15(4)17-14(3)11-12-16-9-7-6-8-10-16/h6-10,13-15,17H,5,11-12H2,1-4H3. The molecular formula is C16H27N. The van der Waals surface area contributed by atoms with Gasteiger partial charge in [-0.1, -0.05) is 50.6 Å². The zero-order valence-corrected chi connectivity index (χ0v) is 11.7. The van der Waals surface area contributed by atoms with Crippen molar-refractivity contribution >= 4 is 0 Å². The Bertz CT molecular complexity index is 294. The monoisotopic (exact) mass is 233 g/mol. The number of hydrogen-bond acceptors (Lipinski definition) is 1. The molecule has 0 aliphatic carbocycles. The minimum Gasteiger partial charge on any atom is -0.312 e. The average molecular weight is 233 g/mol. The molecule has 17 heavy (non-hydrogen) atoms. The van der Waals surface area contributed by atoms with E-state index < -0.39 is 0 Å². The topological polar surface area (TPSA) is 12.0 Å². The minimum absolute atomic E-state index is 0.596. The molecule has 1 aromatic carbocycles. The van der Waals surface area contributed by atoms with Crippen molar-refractivity contribution in [1.29, 1.82) is 0 Å². The van der Waals surface area contributed by atoms with Crippen LogP contribution in [0.3, 0.4) is 0 Å². The van der Waals surface area contributed by atoms with E-state index in [2.05, 4.69) is 63.3 Å². The Labute approximate surface area is 107 Å². The van der Waals surface area contributed by atoms with Gasteiger partial charge in [-0.3, -0.25) is 0 Å². The van der Waals surface area contributed by atoms with Gasteiger partial charge in [0.1, 0.15) is 0 Å². The van der Waals surface area contributed by atoms with Crippen LogP contribution < -0.4 is 5.32 Å². The van der Waals surface area contributed by atoms with E-state index in [1.807, 2.05) is 0 Å². The second-order valence-electron chi connectivity index (χ2n) is 5.27. The first-order valence-corrected chi connectivity index (χ1v) is 6.93. The molecule has 1 rings (SSSR count). The van der Waals surface area contributed by atoms with Crippen molar-refractivity contribution in [3.8, 4) is 0 Å². The van der Waals surface area contributed by atoms with Gasteiger partial charge in [-0.05, 0) is 38.2 Å². The summed E-state index contributed by atoms with van der Waals surface area (Å²) in [6.07, 6.45) is 3.63. The highest BCUT2D eigenvalue weighted by Gasteiger charge is 2.12. The van der Waals surface area contributed by atoms with Gasteiger partial charge in [-0.2, -0.15) is 0 Å². The Hall–Kier alpha value is -0.820. The fourth-order valence-corrected chi connectivity index (χ4v) is 2.08. The summed E-state index contributed by atoms with van der Waals surface area (Å²) in [6, 6.07) is 12.0. The molecule has 0 fully saturated rings. The van der Waals surface area contributed by atoms with Gasteiger partial charge in [0.2, 0.25) is 0 Å². The van der Waals surface area contributed by atoms with Gasteiger partial charge in [0.15, 0.2) is 0 Å². The highest BCUT2D eigenvalue weighted by molar-refractivity contribution is 5.14. The molecule has 0 radical (unpaired) electrons. The SMILES string of the molecule is CCC(C)C(C)NC(C)CCc1ccccc1. The highest BCUT2D eigenvalue weighted by Crippen LogP contribution is 2.10. The van der Waals surface area contributed by atoms with Crippen molar-refractivity contribution < 1.29 is 0 Å². The van der Waals surface area contributed by atoms with E-state index in [0.29, 0.717) is 12.1 Å². The third-order valence-electron chi connectivity index (χ3n) is 3.75. The average Bonchev–Trinajstić information content (AvgIpc) is 2.36. The minimum atomic E-state index is 0.596. The first-order valence-electron chi connectivity index (χ1n) is 6.93. The predicted octanol–water partition coefficient (Wildman–Crippen LogP) is 4.03. The molecule has 1 heteroatoms. The Balaban J connectivity index is 2.28. The second kappa shape index (κ2) is 7.50. The van der Waals surface area contributed by atoms with Gasteiger partial charge in [0.25, 0.3) is 0 Å². The van der Waals surface area contributed by atoms with Crippen LogP contribution in [0.15, 0.2) is 30.3 Å². The van der Waals surface area contributed by atoms with E-state index in [0.717, 1.165) is 5.92 Å². The van der Waals surface area contributed by atoms with E-state index in [1.54, 1.807) is 0 Å². The molecule has 0 saturated heterocycles. The molecule has 0 aliphatic rings. The molecule has 1 N–H and O–H groups in total. The van der Waals surface area contributed by atoms with Crippen molar-refractivity contribution in [1.82, 2.24) is 5.32 Å². The molecule has 0 spiro atoms. The molecule has 0 bridgehead atoms. The summed E-state index contributed by atoms with van der Waals surface area (Å²) in [5, 5.41) is 3.70. The molecular weight excluding hydrogens is 206 g/mol. The summed E-state index contributed by atoms with van der Waals surface area (Å²) in [6.45, 7) is 9.17. The van der Waals surface area contributed by atoms with Crippen LogP contribution in [0, 0.1) is 5.92 Å². The van der Waals surface area contributed by atoms with Crippen LogP contribution in [0.4, 0.5) is 0 Å². The van der Waals surface area contributed by atoms with Crippen LogP contribution in [-0.2, 0) is 6.42 Å². The Kier molecular flexibility index (Phi) is 6.28. The molecule has 1 nitrogen and oxygen atoms in total. The maximum atomic E-state index is 3.70. The second-order valence-corrected chi connectivity index (χ2v) is 5.27. The fourth-order valence-electron chi connectivity index (χ4n) is 2.08. The molecule has 3 atom stereocenters. The summed E-state index contributed by atoms with van der Waals surface area (Å²) >= 11 is 0. The van der Waals surface area contributed by atoms with Crippen molar-refractivity contribution in [2.24, 2.45) is 5.92 Å². The smallest absolute Gasteiger partial charge is 0.00667 e. The zero-order chi connectivity index (χ0) is 12.7. The van der Waals surface area contributed by atoms with E-state index in [-0.39, 0.29) is 0 Å². The normalized spacial score (nSPS) is 16.5. The molecule has 3 unspecified atom stereocenters. The summed E-state index contributed by atoms with van der Waals surface area (Å²) < 4.78 is 0. The van der Waals surface area contributed by atoms with Gasteiger partial charge in [0.05, 0.1) is 0 Å². The summed E-state index contributed by atoms with van der Waals surface area (Å²) in [5.41, 5.74) is 1.44. The van der Waals surface area contributed by atoms with Gasteiger partial charge >= 0.3 is 0 Å². The lowest BCUT2D eigenvalue weighted by Gasteiger charge is -2.24. The third kappa shape index (κ3) is 5.36. The maximum absolute atomic E-state index is 3.70. The van der Waals surface area contributed by atoms with Crippen LogP contribution in [0.25, 0.3) is 0 Å². The van der Waals surface area contributed by atoms with E-state index in [4.69, 9.17) is 0 Å². The molecule has 0 amide bonds. The molecule has 0 saturated carbocycles. The first-order chi connectivity index (χ1) is 8.13. The number of hydrogen-bond donors (Lipinski definition) is 1. The molecule has 96 valence electrons. The number of aryl methyl sites for hydroxylation is 1. The predicted molar refractivity (Wildman–Crippen MR) is 76.3 cm³/mol. The molecule has 0 aromatic heterocycles. The van der Waals surface area contributed by atoms with Gasteiger partial charge in [-0.15, -0.1) is 0 Å². The van der Waals surface area contributed by atoms with Crippen LogP contribution >= 0.6 is 0 Å². The Morgan fingerprint density at radius 3 is 2.29 bits per heavy atom. The summed E-state index contributed by atoms with van der Waals surface area (Å²) in [4.78, 5) is 0. The maximum Gasteiger partial charge on any atom is 0.00667 e. The molecule has 1 aromatic rings. The largest absolute Gasteiger partial charge is 0.312 e. The van der Waals surface area contributed by atoms with Crippen molar-refractivity contribution in [3.05, 3.63) is 35.9 Å². The van der Waals surface area contributed by atoms with Crippen molar-refractivity contribution in [3.63, 3.8) is 0 Å².